The monoisotopic (exact) mass is 233 g/mol. The van der Waals surface area contributed by atoms with Crippen LogP contribution < -0.4 is 4.74 Å². The first-order valence-corrected chi connectivity index (χ1v) is 5.49. The summed E-state index contributed by atoms with van der Waals surface area (Å²) in [6.07, 6.45) is 4.03. The number of hydrogen-bond donors (Lipinski definition) is 1. The molecular weight excluding hydrogens is 218 g/mol. The van der Waals surface area contributed by atoms with Crippen LogP contribution in [-0.2, 0) is 0 Å². The highest BCUT2D eigenvalue weighted by atomic mass is 16.5. The van der Waals surface area contributed by atoms with Crippen molar-refractivity contribution in [2.24, 2.45) is 0 Å². The molecule has 17 heavy (non-hydrogen) atoms. The molecule has 0 saturated heterocycles. The Hall–Kier alpha value is -1.81. The molecule has 0 saturated carbocycles. The van der Waals surface area contributed by atoms with Crippen LogP contribution in [0.15, 0.2) is 41.3 Å². The van der Waals surface area contributed by atoms with Gasteiger partial charge in [-0.05, 0) is 26.0 Å². The van der Waals surface area contributed by atoms with Crippen LogP contribution >= 0.6 is 0 Å². The van der Waals surface area contributed by atoms with Gasteiger partial charge in [-0.2, -0.15) is 0 Å². The van der Waals surface area contributed by atoms with E-state index < -0.39 is 6.10 Å². The van der Waals surface area contributed by atoms with Gasteiger partial charge in [0.25, 0.3) is 0 Å². The lowest BCUT2D eigenvalue weighted by Gasteiger charge is -2.11. The maximum Gasteiger partial charge on any atom is 0.213 e. The van der Waals surface area contributed by atoms with E-state index in [1.54, 1.807) is 24.4 Å². The average molecular weight is 233 g/mol. The standard InChI is InChI=1S/C13H15NO3/c1-9(2)17-12-4-3-10(7-14-12)13(15)11-5-6-16-8-11/h3-9,13,15H,1-2H3. The lowest BCUT2D eigenvalue weighted by molar-refractivity contribution is 0.216. The first kappa shape index (κ1) is 11.7. The van der Waals surface area contributed by atoms with Gasteiger partial charge in [-0.1, -0.05) is 0 Å². The van der Waals surface area contributed by atoms with Gasteiger partial charge in [0, 0.05) is 23.4 Å². The van der Waals surface area contributed by atoms with Crippen molar-refractivity contribution in [3.8, 4) is 5.88 Å². The summed E-state index contributed by atoms with van der Waals surface area (Å²) in [5, 5.41) is 10.0. The van der Waals surface area contributed by atoms with E-state index in [0.717, 1.165) is 0 Å². The maximum atomic E-state index is 10.0. The third-order valence-corrected chi connectivity index (χ3v) is 2.29. The van der Waals surface area contributed by atoms with Gasteiger partial charge in [0.2, 0.25) is 5.88 Å². The molecule has 0 spiro atoms. The molecular formula is C13H15NO3. The molecule has 2 aromatic rings. The highest BCUT2D eigenvalue weighted by Crippen LogP contribution is 2.22. The molecule has 2 heterocycles. The van der Waals surface area contributed by atoms with Crippen molar-refractivity contribution in [2.75, 3.05) is 0 Å². The fourth-order valence-corrected chi connectivity index (χ4v) is 1.49. The van der Waals surface area contributed by atoms with Gasteiger partial charge < -0.3 is 14.3 Å². The molecule has 2 aromatic heterocycles. The summed E-state index contributed by atoms with van der Waals surface area (Å²) >= 11 is 0. The zero-order valence-corrected chi connectivity index (χ0v) is 9.83. The van der Waals surface area contributed by atoms with Gasteiger partial charge in [0.1, 0.15) is 6.10 Å². The van der Waals surface area contributed by atoms with E-state index in [9.17, 15) is 5.11 Å². The Kier molecular flexibility index (Phi) is 3.44. The average Bonchev–Trinajstić information content (AvgIpc) is 2.82. The van der Waals surface area contributed by atoms with E-state index in [0.29, 0.717) is 17.0 Å². The maximum absolute atomic E-state index is 10.0. The second kappa shape index (κ2) is 5.01. The van der Waals surface area contributed by atoms with Crippen LogP contribution in [0.5, 0.6) is 5.88 Å². The van der Waals surface area contributed by atoms with Crippen molar-refractivity contribution in [1.29, 1.82) is 0 Å². The molecule has 1 atom stereocenters. The van der Waals surface area contributed by atoms with Crippen molar-refractivity contribution in [1.82, 2.24) is 4.98 Å². The normalized spacial score (nSPS) is 12.7. The Morgan fingerprint density at radius 3 is 2.59 bits per heavy atom. The van der Waals surface area contributed by atoms with E-state index in [4.69, 9.17) is 9.15 Å². The van der Waals surface area contributed by atoms with Gasteiger partial charge >= 0.3 is 0 Å². The van der Waals surface area contributed by atoms with Gasteiger partial charge in [0.15, 0.2) is 0 Å². The quantitative estimate of drug-likeness (QED) is 0.881. The van der Waals surface area contributed by atoms with E-state index in [-0.39, 0.29) is 6.10 Å². The number of aliphatic hydroxyl groups is 1. The second-order valence-electron chi connectivity index (χ2n) is 4.06. The largest absolute Gasteiger partial charge is 0.475 e. The van der Waals surface area contributed by atoms with Gasteiger partial charge in [-0.15, -0.1) is 0 Å². The molecule has 90 valence electrons. The summed E-state index contributed by atoms with van der Waals surface area (Å²) in [4.78, 5) is 4.14. The Morgan fingerprint density at radius 1 is 1.24 bits per heavy atom. The molecule has 0 fully saturated rings. The highest BCUT2D eigenvalue weighted by molar-refractivity contribution is 5.27. The number of ether oxygens (including phenoxy) is 1. The minimum absolute atomic E-state index is 0.0900. The van der Waals surface area contributed by atoms with E-state index >= 15 is 0 Å². The fraction of sp³-hybridized carbons (Fsp3) is 0.308. The summed E-state index contributed by atoms with van der Waals surface area (Å²) in [5.74, 6) is 0.558. The summed E-state index contributed by atoms with van der Waals surface area (Å²) in [7, 11) is 0. The van der Waals surface area contributed by atoms with Gasteiger partial charge in [0.05, 0.1) is 18.6 Å². The Morgan fingerprint density at radius 2 is 2.06 bits per heavy atom. The van der Waals surface area contributed by atoms with Crippen molar-refractivity contribution in [2.45, 2.75) is 26.1 Å². The SMILES string of the molecule is CC(C)Oc1ccc(C(O)c2ccoc2)cn1. The number of pyridine rings is 1. The molecule has 0 aromatic carbocycles. The van der Waals surface area contributed by atoms with Crippen LogP contribution in [0, 0.1) is 0 Å². The van der Waals surface area contributed by atoms with Crippen LogP contribution in [0.1, 0.15) is 31.1 Å². The number of rotatable bonds is 4. The Bertz CT molecular complexity index is 448. The minimum Gasteiger partial charge on any atom is -0.475 e. The topological polar surface area (TPSA) is 55.5 Å². The summed E-state index contributed by atoms with van der Waals surface area (Å²) in [6.45, 7) is 3.88. The van der Waals surface area contributed by atoms with Crippen molar-refractivity contribution in [3.05, 3.63) is 48.0 Å². The molecule has 0 amide bonds. The molecule has 0 aliphatic rings. The zero-order valence-electron chi connectivity index (χ0n) is 9.83. The molecule has 1 unspecified atom stereocenters. The number of nitrogens with zero attached hydrogens (tertiary/aromatic N) is 1. The zero-order chi connectivity index (χ0) is 12.3. The number of furan rings is 1. The molecule has 0 radical (unpaired) electrons. The molecule has 4 nitrogen and oxygen atoms in total. The Balaban J connectivity index is 2.12. The van der Waals surface area contributed by atoms with Crippen molar-refractivity contribution < 1.29 is 14.3 Å². The third-order valence-electron chi connectivity index (χ3n) is 2.29. The van der Waals surface area contributed by atoms with Crippen LogP contribution in [-0.4, -0.2) is 16.2 Å². The molecule has 4 heteroatoms. The lowest BCUT2D eigenvalue weighted by atomic mass is 10.1. The van der Waals surface area contributed by atoms with Crippen molar-refractivity contribution >= 4 is 0 Å². The van der Waals surface area contributed by atoms with E-state index in [1.165, 1.54) is 12.5 Å². The third kappa shape index (κ3) is 2.85. The number of aliphatic hydroxyl groups excluding tert-OH is 1. The predicted octanol–water partition coefficient (Wildman–Crippen LogP) is 2.54. The lowest BCUT2D eigenvalue weighted by Crippen LogP contribution is -2.07. The molecule has 2 rings (SSSR count). The van der Waals surface area contributed by atoms with Crippen LogP contribution in [0.4, 0.5) is 0 Å². The number of hydrogen-bond acceptors (Lipinski definition) is 4. The summed E-state index contributed by atoms with van der Waals surface area (Å²) in [5.41, 5.74) is 1.42. The minimum atomic E-state index is -0.714. The second-order valence-corrected chi connectivity index (χ2v) is 4.06. The number of aromatic nitrogens is 1. The first-order valence-electron chi connectivity index (χ1n) is 5.49. The molecule has 1 N–H and O–H groups in total. The molecule has 0 aliphatic carbocycles. The Labute approximate surface area is 99.9 Å². The summed E-state index contributed by atoms with van der Waals surface area (Å²) in [6, 6.07) is 5.27. The predicted molar refractivity (Wildman–Crippen MR) is 62.8 cm³/mol. The van der Waals surface area contributed by atoms with Crippen molar-refractivity contribution in [3.63, 3.8) is 0 Å². The van der Waals surface area contributed by atoms with E-state index in [1.807, 2.05) is 13.8 Å². The summed E-state index contributed by atoms with van der Waals surface area (Å²) < 4.78 is 10.4. The van der Waals surface area contributed by atoms with Crippen LogP contribution in [0.2, 0.25) is 0 Å². The van der Waals surface area contributed by atoms with E-state index in [2.05, 4.69) is 4.98 Å². The molecule has 0 bridgehead atoms. The van der Waals surface area contributed by atoms with Gasteiger partial charge in [-0.3, -0.25) is 0 Å². The van der Waals surface area contributed by atoms with Crippen LogP contribution in [0.3, 0.4) is 0 Å². The van der Waals surface area contributed by atoms with Gasteiger partial charge in [-0.25, -0.2) is 4.98 Å². The first-order chi connectivity index (χ1) is 8.16. The van der Waals surface area contributed by atoms with Crippen LogP contribution in [0.25, 0.3) is 0 Å². The fourth-order valence-electron chi connectivity index (χ4n) is 1.49. The highest BCUT2D eigenvalue weighted by Gasteiger charge is 2.12. The molecule has 0 aliphatic heterocycles. The smallest absolute Gasteiger partial charge is 0.213 e.